The number of aromatic carboxylic acids is 1. The van der Waals surface area contributed by atoms with Crippen molar-refractivity contribution in [3.63, 3.8) is 0 Å². The molecule has 0 radical (unpaired) electrons. The maximum absolute atomic E-state index is 11.2. The maximum atomic E-state index is 11.2. The minimum Gasteiger partial charge on any atom is -0.478 e. The first-order valence-corrected chi connectivity index (χ1v) is 8.41. The van der Waals surface area contributed by atoms with E-state index >= 15 is 0 Å². The summed E-state index contributed by atoms with van der Waals surface area (Å²) in [5.41, 5.74) is 0.518. The predicted octanol–water partition coefficient (Wildman–Crippen LogP) is 3.91. The first kappa shape index (κ1) is 19.7. The number of azo groups is 1. The second kappa shape index (κ2) is 9.68. The average molecular weight is 366 g/mol. The maximum Gasteiger partial charge on any atom is 0.336 e. The van der Waals surface area contributed by atoms with Crippen LogP contribution in [0.3, 0.4) is 0 Å². The van der Waals surface area contributed by atoms with Crippen LogP contribution in [0.25, 0.3) is 0 Å². The van der Waals surface area contributed by atoms with Gasteiger partial charge in [-0.05, 0) is 37.3 Å². The molecule has 0 aliphatic rings. The number of carbonyl (C=O) groups is 3. The van der Waals surface area contributed by atoms with Crippen LogP contribution in [0.4, 0.5) is 5.69 Å². The van der Waals surface area contributed by atoms with Crippen LogP contribution in [0.1, 0.15) is 23.7 Å². The largest absolute Gasteiger partial charge is 0.478 e. The Labute approximate surface area is 147 Å². The molecule has 0 saturated heterocycles. The van der Waals surface area contributed by atoms with E-state index in [0.717, 1.165) is 10.8 Å². The molecule has 7 nitrogen and oxygen atoms in total. The quantitative estimate of drug-likeness (QED) is 0.160. The van der Waals surface area contributed by atoms with Crippen LogP contribution in [0.2, 0.25) is 0 Å². The van der Waals surface area contributed by atoms with Gasteiger partial charge in [0.15, 0.2) is 0 Å². The fourth-order valence-electron chi connectivity index (χ4n) is 1.52. The van der Waals surface area contributed by atoms with Gasteiger partial charge in [-0.2, -0.15) is 10.2 Å². The lowest BCUT2D eigenvalue weighted by molar-refractivity contribution is -0.132. The molecule has 2 N–H and O–H groups in total. The number of benzene rings is 1. The highest BCUT2D eigenvalue weighted by molar-refractivity contribution is 8.68. The average Bonchev–Trinajstić information content (AvgIpc) is 2.56. The number of rotatable bonds is 8. The summed E-state index contributed by atoms with van der Waals surface area (Å²) in [5, 5.41) is 25.8. The molecule has 0 aliphatic heterocycles. The summed E-state index contributed by atoms with van der Waals surface area (Å²) in [6, 6.07) is 4.43. The van der Waals surface area contributed by atoms with E-state index in [0.29, 0.717) is 11.2 Å². The van der Waals surface area contributed by atoms with Crippen molar-refractivity contribution in [3.05, 3.63) is 47.2 Å². The Morgan fingerprint density at radius 1 is 1.33 bits per heavy atom. The van der Waals surface area contributed by atoms with Crippen LogP contribution >= 0.6 is 22.5 Å². The summed E-state index contributed by atoms with van der Waals surface area (Å²) in [6.45, 7) is 1.38. The van der Waals surface area contributed by atoms with Crippen molar-refractivity contribution in [3.8, 4) is 0 Å². The first-order valence-electron chi connectivity index (χ1n) is 6.55. The fraction of sp³-hybridized carbons (Fsp3) is 0.133. The highest BCUT2D eigenvalue weighted by atomic mass is 33.1. The van der Waals surface area contributed by atoms with Crippen molar-refractivity contribution in [1.82, 2.24) is 0 Å². The summed E-state index contributed by atoms with van der Waals surface area (Å²) in [5.74, 6) is -2.24. The highest BCUT2D eigenvalue weighted by Gasteiger charge is 2.10. The van der Waals surface area contributed by atoms with E-state index in [4.69, 9.17) is 10.2 Å². The Morgan fingerprint density at radius 2 is 2.04 bits per heavy atom. The fourth-order valence-corrected chi connectivity index (χ4v) is 2.37. The smallest absolute Gasteiger partial charge is 0.336 e. The summed E-state index contributed by atoms with van der Waals surface area (Å²) in [4.78, 5) is 33.0. The van der Waals surface area contributed by atoms with Gasteiger partial charge in [-0.1, -0.05) is 10.8 Å². The van der Waals surface area contributed by atoms with Crippen LogP contribution < -0.4 is 0 Å². The van der Waals surface area contributed by atoms with Gasteiger partial charge in [-0.25, -0.2) is 9.59 Å². The van der Waals surface area contributed by atoms with Crippen LogP contribution in [0.5, 0.6) is 0 Å². The number of carboxylic acids is 2. The minimum absolute atomic E-state index is 0.0270. The number of aliphatic carboxylic acids is 1. The lowest BCUT2D eigenvalue weighted by Gasteiger charge is -2.02. The zero-order valence-corrected chi connectivity index (χ0v) is 14.3. The van der Waals surface area contributed by atoms with Crippen LogP contribution in [-0.4, -0.2) is 28.4 Å². The zero-order chi connectivity index (χ0) is 18.1. The van der Waals surface area contributed by atoms with Gasteiger partial charge in [0.2, 0.25) is 0 Å². The van der Waals surface area contributed by atoms with Crippen LogP contribution in [0, 0.1) is 0 Å². The molecular formula is C15H14N2O5S2. The van der Waals surface area contributed by atoms with E-state index in [1.54, 1.807) is 12.1 Å². The van der Waals surface area contributed by atoms with Gasteiger partial charge in [-0.3, -0.25) is 0 Å². The number of nitrogens with zero attached hydrogens (tertiary/aromatic N) is 2. The molecule has 9 heteroatoms. The van der Waals surface area contributed by atoms with Gasteiger partial charge in [0.05, 0.1) is 16.9 Å². The third-order valence-electron chi connectivity index (χ3n) is 2.70. The molecule has 24 heavy (non-hydrogen) atoms. The van der Waals surface area contributed by atoms with Crippen LogP contribution in [-0.2, 0) is 9.59 Å². The van der Waals surface area contributed by atoms with Gasteiger partial charge in [0, 0.05) is 16.9 Å². The zero-order valence-electron chi connectivity index (χ0n) is 12.5. The predicted molar refractivity (Wildman–Crippen MR) is 92.9 cm³/mol. The number of allylic oxidation sites excluding steroid dienone is 2. The second-order valence-electron chi connectivity index (χ2n) is 4.44. The van der Waals surface area contributed by atoms with Gasteiger partial charge < -0.3 is 15.0 Å². The Balaban J connectivity index is 3.16. The summed E-state index contributed by atoms with van der Waals surface area (Å²) in [7, 11) is 0.996. The van der Waals surface area contributed by atoms with Crippen molar-refractivity contribution in [2.24, 2.45) is 10.2 Å². The van der Waals surface area contributed by atoms with Crippen LogP contribution in [0.15, 0.2) is 56.7 Å². The van der Waals surface area contributed by atoms with Gasteiger partial charge in [0.1, 0.15) is 6.29 Å². The number of aldehydes is 1. The third-order valence-corrected chi connectivity index (χ3v) is 3.84. The van der Waals surface area contributed by atoms with Crippen molar-refractivity contribution < 1.29 is 24.6 Å². The van der Waals surface area contributed by atoms with E-state index in [2.05, 4.69) is 21.9 Å². The molecular weight excluding hydrogens is 352 g/mol. The normalized spacial score (nSPS) is 12.4. The highest BCUT2D eigenvalue weighted by Crippen LogP contribution is 2.29. The molecule has 0 aromatic heterocycles. The number of carbonyl (C=O) groups excluding carboxylic acids is 1. The third kappa shape index (κ3) is 6.01. The molecule has 1 rings (SSSR count). The molecule has 0 atom stereocenters. The molecule has 0 fully saturated rings. The number of thiol groups is 1. The lowest BCUT2D eigenvalue weighted by Crippen LogP contribution is -1.97. The van der Waals surface area contributed by atoms with Crippen molar-refractivity contribution in [1.29, 1.82) is 0 Å². The van der Waals surface area contributed by atoms with Crippen molar-refractivity contribution >= 4 is 46.4 Å². The summed E-state index contributed by atoms with van der Waals surface area (Å²) < 4.78 is 0. The first-order chi connectivity index (χ1) is 11.4. The molecule has 126 valence electrons. The van der Waals surface area contributed by atoms with Gasteiger partial charge in [-0.15, -0.1) is 11.7 Å². The molecule has 0 spiro atoms. The standard InChI is InChI=1S/C15H14N2O5S2/c1-9(14(19)20)7-10(3-2-6-18)16-17-11-4-5-13(24-23)12(8-11)15(21)22/h3-8,23H,2H2,1H3,(H,19,20)(H,21,22)/b9-7+,10-3+,17-16?. The molecule has 0 amide bonds. The van der Waals surface area contributed by atoms with E-state index in [1.807, 2.05) is 0 Å². The topological polar surface area (TPSA) is 116 Å². The van der Waals surface area contributed by atoms with Gasteiger partial charge in [0.25, 0.3) is 0 Å². The molecule has 0 unspecified atom stereocenters. The number of carboxylic acid groups (broad SMARTS) is 2. The minimum atomic E-state index is -1.12. The Hall–Kier alpha value is -2.39. The summed E-state index contributed by atoms with van der Waals surface area (Å²) in [6.07, 6.45) is 3.37. The van der Waals surface area contributed by atoms with Crippen molar-refractivity contribution in [2.75, 3.05) is 0 Å². The monoisotopic (exact) mass is 366 g/mol. The van der Waals surface area contributed by atoms with E-state index in [1.165, 1.54) is 25.1 Å². The second-order valence-corrected chi connectivity index (χ2v) is 5.61. The SMILES string of the molecule is C/C(=C\C(=C/CC=O)N=Nc1ccc(SS)c(C(=O)O)c1)C(=O)O. The number of hydrogen-bond donors (Lipinski definition) is 3. The Kier molecular flexibility index (Phi) is 7.93. The Morgan fingerprint density at radius 3 is 2.58 bits per heavy atom. The van der Waals surface area contributed by atoms with E-state index in [9.17, 15) is 14.4 Å². The number of hydrogen-bond acceptors (Lipinski definition) is 7. The van der Waals surface area contributed by atoms with Crippen molar-refractivity contribution in [2.45, 2.75) is 18.2 Å². The Bertz CT molecular complexity index is 741. The van der Waals surface area contributed by atoms with E-state index < -0.39 is 11.9 Å². The van der Waals surface area contributed by atoms with E-state index in [-0.39, 0.29) is 28.9 Å². The summed E-state index contributed by atoms with van der Waals surface area (Å²) >= 11 is 3.98. The molecule has 1 aromatic carbocycles. The lowest BCUT2D eigenvalue weighted by atomic mass is 10.2. The molecule has 0 saturated carbocycles. The molecule has 1 aromatic rings. The molecule has 0 bridgehead atoms. The molecule has 0 aliphatic carbocycles. The molecule has 0 heterocycles. The van der Waals surface area contributed by atoms with Gasteiger partial charge >= 0.3 is 11.9 Å².